The zero-order chi connectivity index (χ0) is 17.1. The average molecular weight is 358 g/mol. The number of ketones is 1. The van der Waals surface area contributed by atoms with E-state index >= 15 is 0 Å². The van der Waals surface area contributed by atoms with Gasteiger partial charge in [-0.25, -0.2) is 0 Å². The fourth-order valence-electron chi connectivity index (χ4n) is 2.13. The first-order valence-electron chi connectivity index (χ1n) is 7.12. The molecule has 0 aliphatic rings. The predicted molar refractivity (Wildman–Crippen MR) is 98.3 cm³/mol. The van der Waals surface area contributed by atoms with Crippen molar-refractivity contribution in [1.82, 2.24) is 10.2 Å². The van der Waals surface area contributed by atoms with Crippen LogP contribution in [0.3, 0.4) is 0 Å². The lowest BCUT2D eigenvalue weighted by molar-refractivity contribution is 0.104. The average Bonchev–Trinajstić information content (AvgIpc) is 3.05. The number of H-pyrrole nitrogens is 1. The third-order valence-corrected chi connectivity index (χ3v) is 4.16. The van der Waals surface area contributed by atoms with Crippen molar-refractivity contribution < 1.29 is 4.79 Å². The molecule has 4 nitrogen and oxygen atoms in total. The van der Waals surface area contributed by atoms with Crippen LogP contribution in [0.4, 0.5) is 5.69 Å². The third kappa shape index (κ3) is 3.67. The summed E-state index contributed by atoms with van der Waals surface area (Å²) in [6.07, 6.45) is 3.16. The van der Waals surface area contributed by atoms with E-state index < -0.39 is 0 Å². The number of allylic oxidation sites excluding steroid dienone is 1. The predicted octanol–water partition coefficient (Wildman–Crippen LogP) is 4.86. The van der Waals surface area contributed by atoms with Gasteiger partial charge in [0.05, 0.1) is 21.4 Å². The van der Waals surface area contributed by atoms with Crippen LogP contribution in [-0.2, 0) is 0 Å². The number of carbonyl (C=O) groups is 1. The van der Waals surface area contributed by atoms with Crippen molar-refractivity contribution in [1.29, 1.82) is 0 Å². The molecule has 3 aromatic rings. The van der Waals surface area contributed by atoms with Gasteiger partial charge in [0.1, 0.15) is 0 Å². The number of benzene rings is 2. The minimum Gasteiger partial charge on any atom is -0.399 e. The molecule has 0 aliphatic carbocycles. The van der Waals surface area contributed by atoms with Crippen molar-refractivity contribution in [2.24, 2.45) is 0 Å². The Morgan fingerprint density at radius 2 is 1.79 bits per heavy atom. The first-order chi connectivity index (χ1) is 11.5. The fraction of sp³-hybridized carbons (Fsp3) is 0. The Bertz CT molecular complexity index is 914. The van der Waals surface area contributed by atoms with Crippen molar-refractivity contribution in [3.05, 3.63) is 75.9 Å². The summed E-state index contributed by atoms with van der Waals surface area (Å²) in [5.41, 5.74) is 9.07. The fourth-order valence-corrected chi connectivity index (χ4v) is 2.43. The number of carbonyl (C=O) groups excluding carboxylic acids is 1. The number of anilines is 1. The molecule has 1 heterocycles. The summed E-state index contributed by atoms with van der Waals surface area (Å²) in [5, 5.41) is 8.04. The van der Waals surface area contributed by atoms with E-state index in [1.807, 2.05) is 12.1 Å². The van der Waals surface area contributed by atoms with Gasteiger partial charge >= 0.3 is 0 Å². The summed E-state index contributed by atoms with van der Waals surface area (Å²) in [5.74, 6) is -0.110. The van der Waals surface area contributed by atoms with Crippen molar-refractivity contribution in [2.75, 3.05) is 5.73 Å². The van der Waals surface area contributed by atoms with Crippen LogP contribution < -0.4 is 5.73 Å². The second kappa shape index (κ2) is 6.91. The van der Waals surface area contributed by atoms with E-state index in [0.717, 1.165) is 5.56 Å². The number of aromatic amines is 1. The van der Waals surface area contributed by atoms with Gasteiger partial charge in [-0.05, 0) is 54.6 Å². The molecule has 0 saturated carbocycles. The Morgan fingerprint density at radius 3 is 2.50 bits per heavy atom. The largest absolute Gasteiger partial charge is 0.399 e. The van der Waals surface area contributed by atoms with E-state index in [-0.39, 0.29) is 5.78 Å². The van der Waals surface area contributed by atoms with Gasteiger partial charge in [-0.15, -0.1) is 0 Å². The second-order valence-corrected chi connectivity index (χ2v) is 5.97. The molecule has 3 N–H and O–H groups in total. The van der Waals surface area contributed by atoms with Crippen LogP contribution in [-0.4, -0.2) is 16.0 Å². The van der Waals surface area contributed by atoms with E-state index in [9.17, 15) is 4.79 Å². The number of nitrogens with zero attached hydrogens (tertiary/aromatic N) is 1. The number of nitrogen functional groups attached to an aromatic ring is 1. The lowest BCUT2D eigenvalue weighted by atomic mass is 10.1. The Morgan fingerprint density at radius 1 is 1.04 bits per heavy atom. The molecule has 2 aromatic carbocycles. The summed E-state index contributed by atoms with van der Waals surface area (Å²) in [6.45, 7) is 0. The summed E-state index contributed by atoms with van der Waals surface area (Å²) in [4.78, 5) is 12.1. The molecule has 0 saturated heterocycles. The minimum atomic E-state index is -0.110. The zero-order valence-electron chi connectivity index (χ0n) is 12.5. The molecule has 3 rings (SSSR count). The zero-order valence-corrected chi connectivity index (χ0v) is 14.0. The topological polar surface area (TPSA) is 71.8 Å². The Kier molecular flexibility index (Phi) is 4.69. The SMILES string of the molecule is Nc1ccc(C(=O)C=Cc2cc(-c3ccc(Cl)c(Cl)c3)n[nH]2)cc1. The van der Waals surface area contributed by atoms with Gasteiger partial charge in [0.2, 0.25) is 0 Å². The highest BCUT2D eigenvalue weighted by atomic mass is 35.5. The Balaban J connectivity index is 1.77. The van der Waals surface area contributed by atoms with Crippen LogP contribution in [0.5, 0.6) is 0 Å². The molecular weight excluding hydrogens is 345 g/mol. The quantitative estimate of drug-likeness (QED) is 0.397. The van der Waals surface area contributed by atoms with Crippen LogP contribution >= 0.6 is 23.2 Å². The highest BCUT2D eigenvalue weighted by molar-refractivity contribution is 6.42. The first kappa shape index (κ1) is 16.3. The molecule has 0 fully saturated rings. The van der Waals surface area contributed by atoms with E-state index in [0.29, 0.717) is 32.7 Å². The van der Waals surface area contributed by atoms with E-state index in [4.69, 9.17) is 28.9 Å². The number of hydrogen-bond acceptors (Lipinski definition) is 3. The number of aromatic nitrogens is 2. The molecule has 1 aromatic heterocycles. The van der Waals surface area contributed by atoms with Crippen molar-refractivity contribution in [3.63, 3.8) is 0 Å². The van der Waals surface area contributed by atoms with E-state index in [1.165, 1.54) is 6.08 Å². The number of rotatable bonds is 4. The van der Waals surface area contributed by atoms with Crippen molar-refractivity contribution >= 4 is 40.7 Å². The Labute approximate surface area is 148 Å². The van der Waals surface area contributed by atoms with Crippen molar-refractivity contribution in [2.45, 2.75) is 0 Å². The van der Waals surface area contributed by atoms with Gasteiger partial charge < -0.3 is 5.73 Å². The normalized spacial score (nSPS) is 11.1. The summed E-state index contributed by atoms with van der Waals surface area (Å²) >= 11 is 11.9. The van der Waals surface area contributed by atoms with Crippen molar-refractivity contribution in [3.8, 4) is 11.3 Å². The molecule has 0 unspecified atom stereocenters. The number of nitrogens with two attached hydrogens (primary N) is 1. The Hall–Kier alpha value is -2.56. The smallest absolute Gasteiger partial charge is 0.185 e. The number of halogens is 2. The van der Waals surface area contributed by atoms with Gasteiger partial charge in [-0.3, -0.25) is 9.89 Å². The van der Waals surface area contributed by atoms with Crippen LogP contribution in [0.1, 0.15) is 16.1 Å². The molecule has 0 bridgehead atoms. The molecule has 0 atom stereocenters. The number of hydrogen-bond donors (Lipinski definition) is 2. The third-order valence-electron chi connectivity index (χ3n) is 3.42. The summed E-state index contributed by atoms with van der Waals surface area (Å²) in [7, 11) is 0. The summed E-state index contributed by atoms with van der Waals surface area (Å²) in [6, 6.07) is 13.9. The number of nitrogens with one attached hydrogen (secondary N) is 1. The molecular formula is C18H13Cl2N3O. The standard InChI is InChI=1S/C18H13Cl2N3O/c19-15-7-3-12(9-16(15)20)17-10-14(22-23-17)6-8-18(24)11-1-4-13(21)5-2-11/h1-10H,21H2,(H,22,23). The molecule has 0 aliphatic heterocycles. The highest BCUT2D eigenvalue weighted by Gasteiger charge is 2.06. The maximum Gasteiger partial charge on any atom is 0.185 e. The monoisotopic (exact) mass is 357 g/mol. The van der Waals surface area contributed by atoms with Crippen LogP contribution in [0.15, 0.2) is 54.6 Å². The lowest BCUT2D eigenvalue weighted by Crippen LogP contribution is -1.94. The molecule has 0 radical (unpaired) electrons. The molecule has 0 spiro atoms. The summed E-state index contributed by atoms with van der Waals surface area (Å²) < 4.78 is 0. The lowest BCUT2D eigenvalue weighted by Gasteiger charge is -1.98. The van der Waals surface area contributed by atoms with Crippen LogP contribution in [0.2, 0.25) is 10.0 Å². The van der Waals surface area contributed by atoms with Gasteiger partial charge in [-0.1, -0.05) is 29.3 Å². The van der Waals surface area contributed by atoms with Gasteiger partial charge in [0, 0.05) is 16.8 Å². The van der Waals surface area contributed by atoms with Crippen LogP contribution in [0.25, 0.3) is 17.3 Å². The van der Waals surface area contributed by atoms with Gasteiger partial charge in [0.25, 0.3) is 0 Å². The van der Waals surface area contributed by atoms with Gasteiger partial charge in [0.15, 0.2) is 5.78 Å². The maximum atomic E-state index is 12.1. The van der Waals surface area contributed by atoms with E-state index in [1.54, 1.807) is 42.5 Å². The molecule has 120 valence electrons. The molecule has 6 heteroatoms. The highest BCUT2D eigenvalue weighted by Crippen LogP contribution is 2.27. The maximum absolute atomic E-state index is 12.1. The molecule has 0 amide bonds. The first-order valence-corrected chi connectivity index (χ1v) is 7.87. The minimum absolute atomic E-state index is 0.110. The van der Waals surface area contributed by atoms with E-state index in [2.05, 4.69) is 10.2 Å². The van der Waals surface area contributed by atoms with Crippen LogP contribution in [0, 0.1) is 0 Å². The molecule has 24 heavy (non-hydrogen) atoms. The second-order valence-electron chi connectivity index (χ2n) is 5.16. The van der Waals surface area contributed by atoms with Gasteiger partial charge in [-0.2, -0.15) is 5.10 Å².